The van der Waals surface area contributed by atoms with Gasteiger partial charge in [-0.1, -0.05) is 6.08 Å². The Kier molecular flexibility index (Phi) is 3.94. The smallest absolute Gasteiger partial charge is 0.328 e. The first-order chi connectivity index (χ1) is 7.48. The first kappa shape index (κ1) is 12.6. The molecular weight excluding hydrogens is 219 g/mol. The zero-order valence-electron chi connectivity index (χ0n) is 8.21. The molecule has 0 saturated heterocycles. The third-order valence-corrected chi connectivity index (χ3v) is 1.99. The Morgan fingerprint density at radius 2 is 2.38 bits per heavy atom. The van der Waals surface area contributed by atoms with Crippen molar-refractivity contribution in [3.63, 3.8) is 0 Å². The minimum atomic E-state index is -2.10. The van der Waals surface area contributed by atoms with Crippen LogP contribution in [0.5, 0.6) is 0 Å². The molecule has 1 aliphatic carbocycles. The summed E-state index contributed by atoms with van der Waals surface area (Å²) in [5, 5.41) is 27.4. The van der Waals surface area contributed by atoms with E-state index in [1.807, 2.05) is 0 Å². The highest BCUT2D eigenvalue weighted by Gasteiger charge is 2.35. The van der Waals surface area contributed by atoms with Crippen LogP contribution in [0.15, 0.2) is 36.0 Å². The van der Waals surface area contributed by atoms with Crippen LogP contribution in [0.2, 0.25) is 0 Å². The minimum Gasteiger partial charge on any atom is -0.478 e. The van der Waals surface area contributed by atoms with Gasteiger partial charge in [0.2, 0.25) is 5.79 Å². The Balaban J connectivity index is 2.77. The molecule has 88 valence electrons. The van der Waals surface area contributed by atoms with Crippen LogP contribution in [0.4, 0.5) is 4.39 Å². The van der Waals surface area contributed by atoms with E-state index in [9.17, 15) is 19.4 Å². The predicted octanol–water partition coefficient (Wildman–Crippen LogP) is 0.116. The van der Waals surface area contributed by atoms with Gasteiger partial charge >= 0.3 is 5.97 Å². The SMILES string of the molecule is O=C(O)/C=C/C1=CC(O)C(O)(OCF)C=C1. The van der Waals surface area contributed by atoms with Gasteiger partial charge in [-0.05, 0) is 23.8 Å². The highest BCUT2D eigenvalue weighted by Crippen LogP contribution is 2.23. The zero-order valence-corrected chi connectivity index (χ0v) is 8.21. The van der Waals surface area contributed by atoms with Gasteiger partial charge in [-0.25, -0.2) is 9.18 Å². The van der Waals surface area contributed by atoms with Crippen molar-refractivity contribution in [1.29, 1.82) is 0 Å². The van der Waals surface area contributed by atoms with E-state index in [2.05, 4.69) is 4.74 Å². The van der Waals surface area contributed by atoms with E-state index in [4.69, 9.17) is 5.11 Å². The number of alkyl halides is 1. The number of hydrogen-bond donors (Lipinski definition) is 3. The largest absolute Gasteiger partial charge is 0.478 e. The molecule has 1 aliphatic rings. The van der Waals surface area contributed by atoms with Gasteiger partial charge in [-0.15, -0.1) is 0 Å². The number of carboxylic acids is 1. The molecule has 0 heterocycles. The first-order valence-electron chi connectivity index (χ1n) is 4.40. The van der Waals surface area contributed by atoms with E-state index in [1.54, 1.807) is 0 Å². The number of carboxylic acid groups (broad SMARTS) is 1. The Bertz CT molecular complexity index is 360. The fourth-order valence-corrected chi connectivity index (χ4v) is 1.17. The fraction of sp³-hybridized carbons (Fsp3) is 0.300. The fourth-order valence-electron chi connectivity index (χ4n) is 1.17. The lowest BCUT2D eigenvalue weighted by Gasteiger charge is -2.29. The van der Waals surface area contributed by atoms with Gasteiger partial charge in [0.15, 0.2) is 6.86 Å². The summed E-state index contributed by atoms with van der Waals surface area (Å²) < 4.78 is 16.2. The van der Waals surface area contributed by atoms with Gasteiger partial charge in [0, 0.05) is 6.08 Å². The normalized spacial score (nSPS) is 29.4. The van der Waals surface area contributed by atoms with Crippen LogP contribution < -0.4 is 0 Å². The van der Waals surface area contributed by atoms with Gasteiger partial charge in [0.25, 0.3) is 0 Å². The number of allylic oxidation sites excluding steroid dienone is 3. The molecule has 0 spiro atoms. The highest BCUT2D eigenvalue weighted by atomic mass is 19.1. The highest BCUT2D eigenvalue weighted by molar-refractivity contribution is 5.80. The summed E-state index contributed by atoms with van der Waals surface area (Å²) in [7, 11) is 0. The van der Waals surface area contributed by atoms with Crippen LogP contribution in [0, 0.1) is 0 Å². The number of aliphatic hydroxyl groups excluding tert-OH is 1. The number of ether oxygens (including phenoxy) is 1. The summed E-state index contributed by atoms with van der Waals surface area (Å²) in [5.41, 5.74) is 0.377. The van der Waals surface area contributed by atoms with E-state index in [1.165, 1.54) is 12.2 Å². The van der Waals surface area contributed by atoms with Crippen LogP contribution in [0.3, 0.4) is 0 Å². The van der Waals surface area contributed by atoms with Crippen LogP contribution >= 0.6 is 0 Å². The molecule has 0 aromatic carbocycles. The molecule has 0 fully saturated rings. The van der Waals surface area contributed by atoms with E-state index < -0.39 is 24.7 Å². The molecule has 1 rings (SSSR count). The number of carbonyl (C=O) groups is 1. The molecule has 6 heteroatoms. The number of halogens is 1. The predicted molar refractivity (Wildman–Crippen MR) is 52.0 cm³/mol. The lowest BCUT2D eigenvalue weighted by molar-refractivity contribution is -0.229. The number of rotatable bonds is 4. The van der Waals surface area contributed by atoms with Crippen LogP contribution in [-0.4, -0.2) is 40.0 Å². The monoisotopic (exact) mass is 230 g/mol. The maximum atomic E-state index is 11.9. The molecule has 0 aliphatic heterocycles. The van der Waals surface area contributed by atoms with Gasteiger partial charge in [0.05, 0.1) is 0 Å². The summed E-state index contributed by atoms with van der Waals surface area (Å²) in [6.45, 7) is -1.24. The van der Waals surface area contributed by atoms with E-state index in [0.29, 0.717) is 5.57 Å². The average molecular weight is 230 g/mol. The van der Waals surface area contributed by atoms with E-state index in [0.717, 1.165) is 18.2 Å². The van der Waals surface area contributed by atoms with Crippen LogP contribution in [-0.2, 0) is 9.53 Å². The molecule has 5 nitrogen and oxygen atoms in total. The van der Waals surface area contributed by atoms with Crippen molar-refractivity contribution in [3.8, 4) is 0 Å². The molecule has 0 aromatic heterocycles. The third kappa shape index (κ3) is 2.99. The van der Waals surface area contributed by atoms with Crippen molar-refractivity contribution in [2.24, 2.45) is 0 Å². The Morgan fingerprint density at radius 3 is 2.88 bits per heavy atom. The van der Waals surface area contributed by atoms with Crippen molar-refractivity contribution >= 4 is 5.97 Å². The lowest BCUT2D eigenvalue weighted by atomic mass is 9.99. The molecule has 2 unspecified atom stereocenters. The molecule has 0 bridgehead atoms. The molecule has 16 heavy (non-hydrogen) atoms. The van der Waals surface area contributed by atoms with Crippen molar-refractivity contribution < 1.29 is 29.2 Å². The number of aliphatic carboxylic acids is 1. The average Bonchev–Trinajstić information content (AvgIpc) is 2.21. The molecular formula is C10H11FO5. The Morgan fingerprint density at radius 1 is 1.69 bits per heavy atom. The quantitative estimate of drug-likeness (QED) is 0.471. The van der Waals surface area contributed by atoms with E-state index in [-0.39, 0.29) is 0 Å². The van der Waals surface area contributed by atoms with Gasteiger partial charge in [0.1, 0.15) is 6.10 Å². The Labute approximate surface area is 90.8 Å². The Hall–Kier alpha value is -1.50. The second-order valence-electron chi connectivity index (χ2n) is 3.12. The molecule has 3 N–H and O–H groups in total. The summed E-state index contributed by atoms with van der Waals surface area (Å²) in [6, 6.07) is 0. The zero-order chi connectivity index (χ0) is 12.2. The summed E-state index contributed by atoms with van der Waals surface area (Å²) >= 11 is 0. The maximum Gasteiger partial charge on any atom is 0.328 e. The molecule has 0 saturated carbocycles. The molecule has 0 radical (unpaired) electrons. The van der Waals surface area contributed by atoms with E-state index >= 15 is 0 Å². The third-order valence-electron chi connectivity index (χ3n) is 1.99. The van der Waals surface area contributed by atoms with Crippen molar-refractivity contribution in [2.45, 2.75) is 11.9 Å². The summed E-state index contributed by atoms with van der Waals surface area (Å²) in [4.78, 5) is 10.2. The second kappa shape index (κ2) is 5.02. The van der Waals surface area contributed by atoms with Crippen molar-refractivity contribution in [3.05, 3.63) is 36.0 Å². The molecule has 0 aromatic rings. The minimum absolute atomic E-state index is 0.377. The van der Waals surface area contributed by atoms with Gasteiger partial charge in [-0.2, -0.15) is 0 Å². The van der Waals surface area contributed by atoms with Gasteiger partial charge in [-0.3, -0.25) is 0 Å². The molecule has 0 amide bonds. The second-order valence-corrected chi connectivity index (χ2v) is 3.12. The number of aliphatic hydroxyl groups is 2. The number of hydrogen-bond acceptors (Lipinski definition) is 4. The lowest BCUT2D eigenvalue weighted by Crippen LogP contribution is -2.43. The topological polar surface area (TPSA) is 87.0 Å². The summed E-state index contributed by atoms with van der Waals surface area (Å²) in [5.74, 6) is -3.24. The molecule has 2 atom stereocenters. The van der Waals surface area contributed by atoms with Crippen LogP contribution in [0.1, 0.15) is 0 Å². The maximum absolute atomic E-state index is 11.9. The standard InChI is InChI=1S/C10H11FO5/c11-6-16-10(15)4-3-7(5-8(10)12)1-2-9(13)14/h1-5,8,12,15H,6H2,(H,13,14)/b2-1+. The first-order valence-corrected chi connectivity index (χ1v) is 4.40. The summed E-state index contributed by atoms with van der Waals surface area (Å²) in [6.07, 6.45) is 4.19. The van der Waals surface area contributed by atoms with Crippen molar-refractivity contribution in [2.75, 3.05) is 6.86 Å². The van der Waals surface area contributed by atoms with Crippen LogP contribution in [0.25, 0.3) is 0 Å². The van der Waals surface area contributed by atoms with Crippen molar-refractivity contribution in [1.82, 2.24) is 0 Å². The van der Waals surface area contributed by atoms with Gasteiger partial charge < -0.3 is 20.1 Å².